The van der Waals surface area contributed by atoms with Crippen molar-refractivity contribution >= 4 is 0 Å². The molecule has 0 spiro atoms. The smallest absolute Gasteiger partial charge is 0.128 e. The summed E-state index contributed by atoms with van der Waals surface area (Å²) >= 11 is 0. The van der Waals surface area contributed by atoms with Gasteiger partial charge < -0.3 is 10.8 Å². The van der Waals surface area contributed by atoms with Crippen molar-refractivity contribution in [3.63, 3.8) is 0 Å². The summed E-state index contributed by atoms with van der Waals surface area (Å²) in [4.78, 5) is 0. The van der Waals surface area contributed by atoms with Gasteiger partial charge in [-0.05, 0) is 25.0 Å². The molecular weight excluding hydrogens is 169 g/mol. The highest BCUT2D eigenvalue weighted by atomic mass is 19.1. The topological polar surface area (TPSA) is 46.2 Å². The van der Waals surface area contributed by atoms with Gasteiger partial charge in [0.05, 0.1) is 0 Å². The molecule has 0 aliphatic heterocycles. The first-order chi connectivity index (χ1) is 6.16. The predicted molar refractivity (Wildman–Crippen MR) is 49.8 cm³/mol. The van der Waals surface area contributed by atoms with Crippen LogP contribution in [0.25, 0.3) is 0 Å². The molecule has 0 heterocycles. The molecule has 0 saturated carbocycles. The lowest BCUT2D eigenvalue weighted by molar-refractivity contribution is 0.275. The van der Waals surface area contributed by atoms with Gasteiger partial charge in [-0.2, -0.15) is 0 Å². The number of benzene rings is 1. The molecule has 72 valence electrons. The van der Waals surface area contributed by atoms with E-state index >= 15 is 0 Å². The second-order valence-electron chi connectivity index (χ2n) is 3.09. The molecule has 1 rings (SSSR count). The lowest BCUT2D eigenvalue weighted by atomic mass is 9.99. The number of aliphatic hydroxyl groups excluding tert-OH is 1. The van der Waals surface area contributed by atoms with E-state index in [1.807, 2.05) is 13.0 Å². The van der Waals surface area contributed by atoms with Crippen LogP contribution in [0.2, 0.25) is 0 Å². The quantitative estimate of drug-likeness (QED) is 0.746. The fraction of sp³-hybridized carbons (Fsp3) is 0.400. The number of halogens is 1. The summed E-state index contributed by atoms with van der Waals surface area (Å²) in [7, 11) is 0. The Hall–Kier alpha value is -0.930. The van der Waals surface area contributed by atoms with Gasteiger partial charge in [-0.1, -0.05) is 12.1 Å². The molecule has 2 nitrogen and oxygen atoms in total. The van der Waals surface area contributed by atoms with E-state index in [0.29, 0.717) is 12.0 Å². The first kappa shape index (κ1) is 10.2. The van der Waals surface area contributed by atoms with Crippen molar-refractivity contribution in [1.82, 2.24) is 0 Å². The standard InChI is InChI=1S/C10H14FNO/c1-7-3-2-4-8(11)10(7)9(12)5-6-13/h2-4,9,13H,5-6,12H2,1H3/t9-/m0/s1. The van der Waals surface area contributed by atoms with Gasteiger partial charge in [0.1, 0.15) is 5.82 Å². The molecule has 0 radical (unpaired) electrons. The van der Waals surface area contributed by atoms with E-state index in [9.17, 15) is 4.39 Å². The fourth-order valence-electron chi connectivity index (χ4n) is 1.40. The summed E-state index contributed by atoms with van der Waals surface area (Å²) < 4.78 is 13.3. The molecular formula is C10H14FNO. The number of nitrogens with two attached hydrogens (primary N) is 1. The third kappa shape index (κ3) is 2.26. The molecule has 1 aromatic rings. The lowest BCUT2D eigenvalue weighted by Gasteiger charge is -2.13. The van der Waals surface area contributed by atoms with Gasteiger partial charge in [-0.15, -0.1) is 0 Å². The van der Waals surface area contributed by atoms with E-state index in [0.717, 1.165) is 5.56 Å². The van der Waals surface area contributed by atoms with Crippen molar-refractivity contribution < 1.29 is 9.50 Å². The van der Waals surface area contributed by atoms with Crippen LogP contribution in [0.4, 0.5) is 4.39 Å². The highest BCUT2D eigenvalue weighted by Crippen LogP contribution is 2.21. The van der Waals surface area contributed by atoms with Crippen molar-refractivity contribution in [3.05, 3.63) is 35.1 Å². The van der Waals surface area contributed by atoms with Crippen LogP contribution in [0, 0.1) is 12.7 Å². The van der Waals surface area contributed by atoms with E-state index in [-0.39, 0.29) is 12.4 Å². The van der Waals surface area contributed by atoms with Crippen LogP contribution in [0.15, 0.2) is 18.2 Å². The molecule has 0 aliphatic carbocycles. The highest BCUT2D eigenvalue weighted by Gasteiger charge is 2.12. The van der Waals surface area contributed by atoms with Crippen molar-refractivity contribution in [2.75, 3.05) is 6.61 Å². The Kier molecular flexibility index (Phi) is 3.39. The van der Waals surface area contributed by atoms with Crippen LogP contribution in [0.5, 0.6) is 0 Å². The van der Waals surface area contributed by atoms with Crippen molar-refractivity contribution in [1.29, 1.82) is 0 Å². The second-order valence-corrected chi connectivity index (χ2v) is 3.09. The zero-order valence-electron chi connectivity index (χ0n) is 7.63. The normalized spacial score (nSPS) is 12.9. The SMILES string of the molecule is Cc1cccc(F)c1[C@@H](N)CCO. The van der Waals surface area contributed by atoms with Crippen LogP contribution in [-0.4, -0.2) is 11.7 Å². The zero-order chi connectivity index (χ0) is 9.84. The predicted octanol–water partition coefficient (Wildman–Crippen LogP) is 1.52. The number of aliphatic hydroxyl groups is 1. The Morgan fingerprint density at radius 2 is 2.23 bits per heavy atom. The summed E-state index contributed by atoms with van der Waals surface area (Å²) in [5, 5.41) is 8.68. The molecule has 13 heavy (non-hydrogen) atoms. The molecule has 1 atom stereocenters. The summed E-state index contributed by atoms with van der Waals surface area (Å²) in [5.74, 6) is -0.291. The van der Waals surface area contributed by atoms with Gasteiger partial charge in [0.15, 0.2) is 0 Å². The van der Waals surface area contributed by atoms with Gasteiger partial charge >= 0.3 is 0 Å². The molecule has 3 N–H and O–H groups in total. The van der Waals surface area contributed by atoms with E-state index in [2.05, 4.69) is 0 Å². The largest absolute Gasteiger partial charge is 0.396 e. The van der Waals surface area contributed by atoms with E-state index < -0.39 is 6.04 Å². The van der Waals surface area contributed by atoms with Crippen LogP contribution >= 0.6 is 0 Å². The molecule has 1 aromatic carbocycles. The highest BCUT2D eigenvalue weighted by molar-refractivity contribution is 5.30. The molecule has 0 aliphatic rings. The summed E-state index contributed by atoms with van der Waals surface area (Å²) in [6.45, 7) is 1.80. The Balaban J connectivity index is 2.98. The Bertz CT molecular complexity index is 268. The minimum atomic E-state index is -0.411. The van der Waals surface area contributed by atoms with Gasteiger partial charge in [0.25, 0.3) is 0 Å². The Morgan fingerprint density at radius 1 is 1.54 bits per heavy atom. The summed E-state index contributed by atoms with van der Waals surface area (Å²) in [6.07, 6.45) is 0.391. The van der Waals surface area contributed by atoms with Gasteiger partial charge in [0.2, 0.25) is 0 Å². The van der Waals surface area contributed by atoms with Crippen LogP contribution in [-0.2, 0) is 0 Å². The van der Waals surface area contributed by atoms with E-state index in [4.69, 9.17) is 10.8 Å². The average Bonchev–Trinajstić information content (AvgIpc) is 2.04. The van der Waals surface area contributed by atoms with E-state index in [1.54, 1.807) is 6.07 Å². The lowest BCUT2D eigenvalue weighted by Crippen LogP contribution is -2.15. The number of hydrogen-bond donors (Lipinski definition) is 2. The summed E-state index contributed by atoms with van der Waals surface area (Å²) in [5.41, 5.74) is 7.05. The zero-order valence-corrected chi connectivity index (χ0v) is 7.63. The molecule has 0 unspecified atom stereocenters. The molecule has 0 amide bonds. The molecule has 0 aromatic heterocycles. The maximum atomic E-state index is 13.3. The third-order valence-electron chi connectivity index (χ3n) is 2.08. The van der Waals surface area contributed by atoms with E-state index in [1.165, 1.54) is 6.07 Å². The van der Waals surface area contributed by atoms with Crippen molar-refractivity contribution in [3.8, 4) is 0 Å². The number of hydrogen-bond acceptors (Lipinski definition) is 2. The van der Waals surface area contributed by atoms with Crippen LogP contribution in [0.3, 0.4) is 0 Å². The molecule has 0 saturated heterocycles. The van der Waals surface area contributed by atoms with Gasteiger partial charge in [-0.25, -0.2) is 4.39 Å². The van der Waals surface area contributed by atoms with Crippen LogP contribution < -0.4 is 5.73 Å². The molecule has 0 fully saturated rings. The van der Waals surface area contributed by atoms with Crippen LogP contribution in [0.1, 0.15) is 23.6 Å². The maximum absolute atomic E-state index is 13.3. The van der Waals surface area contributed by atoms with Gasteiger partial charge in [0, 0.05) is 18.2 Å². The second kappa shape index (κ2) is 4.35. The fourth-order valence-corrected chi connectivity index (χ4v) is 1.40. The number of aryl methyl sites for hydroxylation is 1. The summed E-state index contributed by atoms with van der Waals surface area (Å²) in [6, 6.07) is 4.45. The minimum Gasteiger partial charge on any atom is -0.396 e. The first-order valence-corrected chi connectivity index (χ1v) is 4.28. The monoisotopic (exact) mass is 183 g/mol. The van der Waals surface area contributed by atoms with Gasteiger partial charge in [-0.3, -0.25) is 0 Å². The third-order valence-corrected chi connectivity index (χ3v) is 2.08. The number of rotatable bonds is 3. The molecule has 3 heteroatoms. The maximum Gasteiger partial charge on any atom is 0.128 e. The Labute approximate surface area is 77.2 Å². The van der Waals surface area contributed by atoms with Crippen molar-refractivity contribution in [2.24, 2.45) is 5.73 Å². The Morgan fingerprint density at radius 3 is 2.77 bits per heavy atom. The first-order valence-electron chi connectivity index (χ1n) is 4.28. The molecule has 0 bridgehead atoms. The minimum absolute atomic E-state index is 0.0189. The van der Waals surface area contributed by atoms with Crippen molar-refractivity contribution in [2.45, 2.75) is 19.4 Å². The average molecular weight is 183 g/mol.